The van der Waals surface area contributed by atoms with Crippen LogP contribution in [0.5, 0.6) is 5.75 Å². The highest BCUT2D eigenvalue weighted by Crippen LogP contribution is 2.30. The first kappa shape index (κ1) is 31.1. The number of anilines is 1. The van der Waals surface area contributed by atoms with Gasteiger partial charge in [0, 0.05) is 19.0 Å². The average molecular weight is 576 g/mol. The molecule has 0 aromatic heterocycles. The highest BCUT2D eigenvalue weighted by molar-refractivity contribution is 6.34. The maximum Gasteiger partial charge on any atom is 0.408 e. The van der Waals surface area contributed by atoms with Gasteiger partial charge in [0.25, 0.3) is 5.91 Å². The summed E-state index contributed by atoms with van der Waals surface area (Å²) in [5.41, 5.74) is 1.87. The molecule has 9 heteroatoms. The standard InChI is InChI=1S/C32H34ClN3O5/c1-7-22-12-8-9-13-24(22)28(29(38)35-27-20(2)11-10-14-25(27)33)36(6)30(39)26(34-31(40)41-32(3,4)5)19-21-15-17-23(37)18-16-21/h1,8-18,26,28,37H,19H2,2-6H3,(H,34,40)(H,35,38). The zero-order valence-electron chi connectivity index (χ0n) is 23.7. The Hall–Kier alpha value is -4.48. The van der Waals surface area contributed by atoms with Gasteiger partial charge < -0.3 is 25.4 Å². The molecule has 3 aromatic rings. The maximum absolute atomic E-state index is 14.1. The number of rotatable bonds is 8. The summed E-state index contributed by atoms with van der Waals surface area (Å²) < 4.78 is 5.41. The van der Waals surface area contributed by atoms with Gasteiger partial charge in [-0.2, -0.15) is 0 Å². The molecule has 2 atom stereocenters. The van der Waals surface area contributed by atoms with Crippen molar-refractivity contribution in [2.24, 2.45) is 0 Å². The van der Waals surface area contributed by atoms with Crippen molar-refractivity contribution in [1.82, 2.24) is 10.2 Å². The van der Waals surface area contributed by atoms with Crippen LogP contribution >= 0.6 is 11.6 Å². The molecule has 0 saturated carbocycles. The molecule has 0 bridgehead atoms. The predicted octanol–water partition coefficient (Wildman–Crippen LogP) is 5.61. The lowest BCUT2D eigenvalue weighted by atomic mass is 9.97. The van der Waals surface area contributed by atoms with E-state index in [2.05, 4.69) is 16.6 Å². The molecule has 0 fully saturated rings. The molecule has 3 amide bonds. The first-order valence-corrected chi connectivity index (χ1v) is 13.3. The van der Waals surface area contributed by atoms with Crippen LogP contribution in [0.2, 0.25) is 5.02 Å². The summed E-state index contributed by atoms with van der Waals surface area (Å²) in [6, 6.07) is 16.0. The van der Waals surface area contributed by atoms with E-state index in [9.17, 15) is 19.5 Å². The average Bonchev–Trinajstić information content (AvgIpc) is 2.90. The largest absolute Gasteiger partial charge is 0.508 e. The van der Waals surface area contributed by atoms with Crippen LogP contribution < -0.4 is 10.6 Å². The van der Waals surface area contributed by atoms with Crippen molar-refractivity contribution < 1.29 is 24.2 Å². The monoisotopic (exact) mass is 575 g/mol. The number of para-hydroxylation sites is 1. The fourth-order valence-corrected chi connectivity index (χ4v) is 4.53. The normalized spacial score (nSPS) is 12.4. The van der Waals surface area contributed by atoms with E-state index < -0.39 is 35.6 Å². The number of phenols is 1. The van der Waals surface area contributed by atoms with Crippen LogP contribution in [0, 0.1) is 19.3 Å². The number of amides is 3. The molecule has 0 saturated heterocycles. The lowest BCUT2D eigenvalue weighted by Gasteiger charge is -2.32. The highest BCUT2D eigenvalue weighted by Gasteiger charge is 2.35. The number of alkyl carbamates (subject to hydrolysis) is 1. The number of likely N-dealkylation sites (N-methyl/N-ethyl adjacent to an activating group) is 1. The van der Waals surface area contributed by atoms with E-state index in [1.807, 2.05) is 0 Å². The van der Waals surface area contributed by atoms with Crippen LogP contribution in [0.4, 0.5) is 10.5 Å². The van der Waals surface area contributed by atoms with E-state index >= 15 is 0 Å². The van der Waals surface area contributed by atoms with Gasteiger partial charge in [-0.25, -0.2) is 4.79 Å². The highest BCUT2D eigenvalue weighted by atomic mass is 35.5. The Morgan fingerprint density at radius 2 is 1.71 bits per heavy atom. The van der Waals surface area contributed by atoms with Crippen LogP contribution in [0.15, 0.2) is 66.7 Å². The van der Waals surface area contributed by atoms with E-state index in [4.69, 9.17) is 22.8 Å². The quantitative estimate of drug-likeness (QED) is 0.303. The van der Waals surface area contributed by atoms with Gasteiger partial charge in [-0.1, -0.05) is 60.0 Å². The third-order valence-corrected chi connectivity index (χ3v) is 6.54. The van der Waals surface area contributed by atoms with Crippen LogP contribution in [0.25, 0.3) is 0 Å². The number of aromatic hydroxyl groups is 1. The Bertz CT molecular complexity index is 1440. The molecule has 3 rings (SSSR count). The third kappa shape index (κ3) is 8.26. The molecule has 214 valence electrons. The van der Waals surface area contributed by atoms with Gasteiger partial charge >= 0.3 is 6.09 Å². The number of phenolic OH excluding ortho intramolecular Hbond substituents is 1. The summed E-state index contributed by atoms with van der Waals surface area (Å²) in [4.78, 5) is 42.0. The zero-order valence-corrected chi connectivity index (χ0v) is 24.5. The van der Waals surface area contributed by atoms with Gasteiger partial charge in [-0.15, -0.1) is 6.42 Å². The van der Waals surface area contributed by atoms with Crippen LogP contribution in [-0.2, 0) is 20.7 Å². The number of carbonyl (C=O) groups excluding carboxylic acids is 3. The topological polar surface area (TPSA) is 108 Å². The summed E-state index contributed by atoms with van der Waals surface area (Å²) in [6.07, 6.45) is 5.04. The zero-order chi connectivity index (χ0) is 30.3. The lowest BCUT2D eigenvalue weighted by molar-refractivity contribution is -0.139. The molecule has 3 aromatic carbocycles. The molecular formula is C32H34ClN3O5. The second kappa shape index (κ2) is 13.2. The summed E-state index contributed by atoms with van der Waals surface area (Å²) in [5.74, 6) is 1.54. The van der Waals surface area contributed by atoms with Crippen LogP contribution in [0.1, 0.15) is 49.1 Å². The number of hydrogen-bond acceptors (Lipinski definition) is 5. The van der Waals surface area contributed by atoms with Gasteiger partial charge in [0.05, 0.1) is 10.7 Å². The minimum absolute atomic E-state index is 0.0614. The Kier molecular flexibility index (Phi) is 10.0. The van der Waals surface area contributed by atoms with E-state index in [0.29, 0.717) is 27.4 Å². The number of hydrogen-bond donors (Lipinski definition) is 3. The van der Waals surface area contributed by atoms with Crippen LogP contribution in [-0.4, -0.2) is 46.6 Å². The Morgan fingerprint density at radius 3 is 2.32 bits per heavy atom. The van der Waals surface area contributed by atoms with Crippen molar-refractivity contribution in [3.8, 4) is 18.1 Å². The number of ether oxygens (including phenoxy) is 1. The number of terminal acetylenes is 1. The minimum atomic E-state index is -1.17. The molecule has 41 heavy (non-hydrogen) atoms. The van der Waals surface area contributed by atoms with E-state index in [1.165, 1.54) is 24.1 Å². The number of carbonyl (C=O) groups is 3. The van der Waals surface area contributed by atoms with Crippen molar-refractivity contribution in [2.75, 3.05) is 12.4 Å². The molecular weight excluding hydrogens is 542 g/mol. The number of nitrogens with one attached hydrogen (secondary N) is 2. The maximum atomic E-state index is 14.1. The van der Waals surface area contributed by atoms with E-state index in [0.717, 1.165) is 5.56 Å². The van der Waals surface area contributed by atoms with E-state index in [-0.39, 0.29) is 12.2 Å². The van der Waals surface area contributed by atoms with Gasteiger partial charge in [-0.05, 0) is 68.7 Å². The van der Waals surface area contributed by atoms with Crippen molar-refractivity contribution >= 4 is 35.2 Å². The van der Waals surface area contributed by atoms with E-state index in [1.54, 1.807) is 82.3 Å². The molecule has 0 aliphatic heterocycles. The molecule has 0 aliphatic rings. The number of benzene rings is 3. The molecule has 0 radical (unpaired) electrons. The second-order valence-electron chi connectivity index (χ2n) is 10.6. The number of nitrogens with zero attached hydrogens (tertiary/aromatic N) is 1. The van der Waals surface area contributed by atoms with Crippen molar-refractivity contribution in [3.63, 3.8) is 0 Å². The molecule has 3 N–H and O–H groups in total. The molecule has 0 heterocycles. The first-order valence-electron chi connectivity index (χ1n) is 13.0. The minimum Gasteiger partial charge on any atom is -0.508 e. The molecule has 0 spiro atoms. The third-order valence-electron chi connectivity index (χ3n) is 6.23. The summed E-state index contributed by atoms with van der Waals surface area (Å²) in [6.45, 7) is 6.94. The Morgan fingerprint density at radius 1 is 1.05 bits per heavy atom. The van der Waals surface area contributed by atoms with Crippen molar-refractivity contribution in [3.05, 3.63) is 94.0 Å². The summed E-state index contributed by atoms with van der Waals surface area (Å²) >= 11 is 6.38. The SMILES string of the molecule is C#Cc1ccccc1C(C(=O)Nc1c(C)cccc1Cl)N(C)C(=O)C(Cc1ccc(O)cc1)NC(=O)OC(C)(C)C. The van der Waals surface area contributed by atoms with Crippen molar-refractivity contribution in [2.45, 2.75) is 51.8 Å². The van der Waals surface area contributed by atoms with Crippen molar-refractivity contribution in [1.29, 1.82) is 0 Å². The fourth-order valence-electron chi connectivity index (χ4n) is 4.27. The summed E-state index contributed by atoms with van der Waals surface area (Å²) in [7, 11) is 1.47. The van der Waals surface area contributed by atoms with Gasteiger partial charge in [0.2, 0.25) is 5.91 Å². The van der Waals surface area contributed by atoms with Gasteiger partial charge in [0.1, 0.15) is 23.4 Å². The number of halogens is 1. The smallest absolute Gasteiger partial charge is 0.408 e. The number of aryl methyl sites for hydroxylation is 1. The first-order chi connectivity index (χ1) is 19.3. The molecule has 2 unspecified atom stereocenters. The Labute approximate surface area is 245 Å². The lowest BCUT2D eigenvalue weighted by Crippen LogP contribution is -2.52. The second-order valence-corrected chi connectivity index (χ2v) is 11.0. The van der Waals surface area contributed by atoms with Gasteiger partial charge in [0.15, 0.2) is 0 Å². The fraction of sp³-hybridized carbons (Fsp3) is 0.281. The predicted molar refractivity (Wildman–Crippen MR) is 160 cm³/mol. The summed E-state index contributed by atoms with van der Waals surface area (Å²) in [5, 5.41) is 15.5. The van der Waals surface area contributed by atoms with Gasteiger partial charge in [-0.3, -0.25) is 9.59 Å². The Balaban J connectivity index is 2.03. The molecule has 8 nitrogen and oxygen atoms in total. The van der Waals surface area contributed by atoms with Crippen LogP contribution in [0.3, 0.4) is 0 Å². The molecule has 0 aliphatic carbocycles.